The first-order chi connectivity index (χ1) is 15.1. The van der Waals surface area contributed by atoms with E-state index in [-0.39, 0.29) is 11.8 Å². The zero-order valence-corrected chi connectivity index (χ0v) is 18.8. The highest BCUT2D eigenvalue weighted by Gasteiger charge is 2.59. The van der Waals surface area contributed by atoms with Crippen molar-refractivity contribution in [1.29, 1.82) is 0 Å². The van der Waals surface area contributed by atoms with Gasteiger partial charge in [-0.3, -0.25) is 0 Å². The van der Waals surface area contributed by atoms with Crippen molar-refractivity contribution in [3.63, 3.8) is 0 Å². The molecule has 0 bridgehead atoms. The van der Waals surface area contributed by atoms with E-state index >= 15 is 17.6 Å². The van der Waals surface area contributed by atoms with Gasteiger partial charge in [-0.1, -0.05) is 26.7 Å². The van der Waals surface area contributed by atoms with Gasteiger partial charge in [-0.25, -0.2) is 0 Å². The second kappa shape index (κ2) is 8.27. The molecule has 6 heteroatoms. The fourth-order valence-corrected chi connectivity index (χ4v) is 4.62. The Morgan fingerprint density at radius 1 is 0.688 bits per heavy atom. The van der Waals surface area contributed by atoms with Crippen LogP contribution in [0.25, 0.3) is 0 Å². The summed E-state index contributed by atoms with van der Waals surface area (Å²) < 4.78 is 62.3. The van der Waals surface area contributed by atoms with E-state index < -0.39 is 23.0 Å². The minimum Gasteiger partial charge on any atom is -0.398 e. The van der Waals surface area contributed by atoms with Crippen LogP contribution in [-0.4, -0.2) is 0 Å². The van der Waals surface area contributed by atoms with Crippen LogP contribution in [0.2, 0.25) is 0 Å². The summed E-state index contributed by atoms with van der Waals surface area (Å²) >= 11 is 0. The summed E-state index contributed by atoms with van der Waals surface area (Å²) in [6.07, 6.45) is 5.76. The fraction of sp³-hybridized carbons (Fsp3) is 0.538. The predicted molar refractivity (Wildman–Crippen MR) is 121 cm³/mol. The van der Waals surface area contributed by atoms with E-state index in [1.807, 2.05) is 13.8 Å². The molecular weight excluding hydrogens is 416 g/mol. The van der Waals surface area contributed by atoms with Crippen LogP contribution < -0.4 is 11.5 Å². The number of rotatable bonds is 9. The SMILES string of the molecule is CCCc1cc(C(F)(F)C(F)(F)c2cc(CCC)c(N)c(C3CC3)c2)cc(C2CC2)c1N. The third-order valence-electron chi connectivity index (χ3n) is 6.79. The number of aryl methyl sites for hydroxylation is 2. The van der Waals surface area contributed by atoms with Crippen LogP contribution in [0.3, 0.4) is 0 Å². The van der Waals surface area contributed by atoms with Gasteiger partial charge in [-0.05, 0) is 96.9 Å². The second-order valence-electron chi connectivity index (χ2n) is 9.47. The normalized spacial score (nSPS) is 17.1. The van der Waals surface area contributed by atoms with Gasteiger partial charge in [-0.2, -0.15) is 17.6 Å². The van der Waals surface area contributed by atoms with E-state index in [0.717, 1.165) is 25.7 Å². The number of alkyl halides is 4. The molecular formula is C26H32F4N2. The number of halogens is 4. The molecule has 0 amide bonds. The Kier molecular flexibility index (Phi) is 5.93. The predicted octanol–water partition coefficient (Wildman–Crippen LogP) is 7.39. The summed E-state index contributed by atoms with van der Waals surface area (Å²) in [5, 5.41) is 0. The van der Waals surface area contributed by atoms with Gasteiger partial charge in [0.15, 0.2) is 0 Å². The topological polar surface area (TPSA) is 52.0 Å². The van der Waals surface area contributed by atoms with Crippen LogP contribution in [0.4, 0.5) is 28.9 Å². The third-order valence-corrected chi connectivity index (χ3v) is 6.79. The van der Waals surface area contributed by atoms with Gasteiger partial charge in [-0.15, -0.1) is 0 Å². The maximum Gasteiger partial charge on any atom is 0.339 e. The maximum absolute atomic E-state index is 15.6. The standard InChI is InChI=1S/C26H32F4N2/c1-3-5-17-11-19(13-21(23(17)31)15-7-8-15)25(27,28)26(29,30)20-12-18(6-4-2)24(32)22(14-20)16-9-10-16/h11-16H,3-10,31-32H2,1-2H3. The molecule has 0 unspecified atom stereocenters. The van der Waals surface area contributed by atoms with Crippen LogP contribution >= 0.6 is 0 Å². The zero-order chi connectivity index (χ0) is 23.3. The number of anilines is 2. The zero-order valence-electron chi connectivity index (χ0n) is 18.8. The smallest absolute Gasteiger partial charge is 0.339 e. The van der Waals surface area contributed by atoms with Crippen molar-refractivity contribution in [3.8, 4) is 0 Å². The lowest BCUT2D eigenvalue weighted by Crippen LogP contribution is -2.36. The average molecular weight is 449 g/mol. The molecule has 0 spiro atoms. The van der Waals surface area contributed by atoms with Crippen LogP contribution in [0.15, 0.2) is 24.3 Å². The lowest BCUT2D eigenvalue weighted by Gasteiger charge is -2.29. The van der Waals surface area contributed by atoms with Crippen molar-refractivity contribution >= 4 is 11.4 Å². The summed E-state index contributed by atoms with van der Waals surface area (Å²) in [5.74, 6) is -8.56. The van der Waals surface area contributed by atoms with Gasteiger partial charge in [0.25, 0.3) is 0 Å². The van der Waals surface area contributed by atoms with Gasteiger partial charge in [0.2, 0.25) is 0 Å². The molecule has 0 heterocycles. The summed E-state index contributed by atoms with van der Waals surface area (Å²) in [5.41, 5.74) is 14.3. The van der Waals surface area contributed by atoms with Gasteiger partial charge >= 0.3 is 11.8 Å². The highest BCUT2D eigenvalue weighted by atomic mass is 19.3. The maximum atomic E-state index is 15.6. The Bertz CT molecular complexity index is 926. The van der Waals surface area contributed by atoms with Gasteiger partial charge in [0.05, 0.1) is 0 Å². The first-order valence-electron chi connectivity index (χ1n) is 11.7. The lowest BCUT2D eigenvalue weighted by atomic mass is 9.88. The molecule has 4 rings (SSSR count). The van der Waals surface area contributed by atoms with E-state index in [9.17, 15) is 0 Å². The minimum absolute atomic E-state index is 0.0872. The molecule has 2 fully saturated rings. The van der Waals surface area contributed by atoms with Crippen molar-refractivity contribution in [1.82, 2.24) is 0 Å². The van der Waals surface area contributed by atoms with Crippen LogP contribution in [0, 0.1) is 0 Å². The first-order valence-corrected chi connectivity index (χ1v) is 11.7. The van der Waals surface area contributed by atoms with Crippen molar-refractivity contribution < 1.29 is 17.6 Å². The Morgan fingerprint density at radius 3 is 1.31 bits per heavy atom. The molecule has 2 nitrogen and oxygen atoms in total. The largest absolute Gasteiger partial charge is 0.398 e. The highest BCUT2D eigenvalue weighted by molar-refractivity contribution is 5.61. The monoisotopic (exact) mass is 448 g/mol. The second-order valence-corrected chi connectivity index (χ2v) is 9.47. The number of hydrogen-bond acceptors (Lipinski definition) is 2. The molecule has 0 aromatic heterocycles. The molecule has 2 aromatic carbocycles. The quantitative estimate of drug-likeness (QED) is 0.310. The molecule has 0 saturated heterocycles. The summed E-state index contributed by atoms with van der Waals surface area (Å²) in [7, 11) is 0. The van der Waals surface area contributed by atoms with Crippen molar-refractivity contribution in [2.24, 2.45) is 0 Å². The van der Waals surface area contributed by atoms with Crippen molar-refractivity contribution in [2.45, 2.75) is 88.9 Å². The number of hydrogen-bond donors (Lipinski definition) is 2. The van der Waals surface area contributed by atoms with Gasteiger partial charge in [0, 0.05) is 22.5 Å². The van der Waals surface area contributed by atoms with E-state index in [0.29, 0.717) is 59.3 Å². The Morgan fingerprint density at radius 2 is 1.03 bits per heavy atom. The van der Waals surface area contributed by atoms with Crippen molar-refractivity contribution in [3.05, 3.63) is 57.6 Å². The van der Waals surface area contributed by atoms with E-state index in [1.165, 1.54) is 24.3 Å². The lowest BCUT2D eigenvalue weighted by molar-refractivity contribution is -0.224. The Labute approximate surface area is 187 Å². The van der Waals surface area contributed by atoms with Crippen LogP contribution in [0.5, 0.6) is 0 Å². The number of nitrogens with two attached hydrogens (primary N) is 2. The molecule has 0 radical (unpaired) electrons. The summed E-state index contributed by atoms with van der Waals surface area (Å²) in [6, 6.07) is 4.80. The molecule has 2 aliphatic carbocycles. The third kappa shape index (κ3) is 3.97. The fourth-order valence-electron chi connectivity index (χ4n) is 4.62. The average Bonchev–Trinajstić information content (AvgIpc) is 3.63. The van der Waals surface area contributed by atoms with Gasteiger partial charge < -0.3 is 11.5 Å². The highest BCUT2D eigenvalue weighted by Crippen LogP contribution is 2.54. The molecule has 32 heavy (non-hydrogen) atoms. The molecule has 174 valence electrons. The Hall–Kier alpha value is -2.24. The first kappa shape index (κ1) is 22.9. The molecule has 2 aromatic rings. The van der Waals surface area contributed by atoms with E-state index in [2.05, 4.69) is 0 Å². The molecule has 4 N–H and O–H groups in total. The molecule has 2 saturated carbocycles. The minimum atomic E-state index is -4.37. The van der Waals surface area contributed by atoms with Gasteiger partial charge in [0.1, 0.15) is 0 Å². The number of nitrogen functional groups attached to an aromatic ring is 2. The van der Waals surface area contributed by atoms with E-state index in [1.54, 1.807) is 0 Å². The molecule has 2 aliphatic rings. The van der Waals surface area contributed by atoms with Crippen LogP contribution in [0.1, 0.15) is 97.6 Å². The van der Waals surface area contributed by atoms with Crippen molar-refractivity contribution in [2.75, 3.05) is 11.5 Å². The molecule has 0 atom stereocenters. The molecule has 0 aliphatic heterocycles. The van der Waals surface area contributed by atoms with Crippen LogP contribution in [-0.2, 0) is 24.7 Å². The Balaban J connectivity index is 1.81. The number of benzene rings is 2. The summed E-state index contributed by atoms with van der Waals surface area (Å²) in [4.78, 5) is 0. The van der Waals surface area contributed by atoms with E-state index in [4.69, 9.17) is 11.5 Å². The summed E-state index contributed by atoms with van der Waals surface area (Å²) in [6.45, 7) is 3.83.